The molecule has 6 nitrogen and oxygen atoms in total. The van der Waals surface area contributed by atoms with Crippen LogP contribution in [0.4, 0.5) is 4.39 Å². The van der Waals surface area contributed by atoms with Gasteiger partial charge in [-0.05, 0) is 42.5 Å². The maximum absolute atomic E-state index is 15.1. The zero-order chi connectivity index (χ0) is 22.5. The first-order valence-electron chi connectivity index (χ1n) is 9.09. The summed E-state index contributed by atoms with van der Waals surface area (Å²) in [5, 5.41) is 0.0604. The molecule has 0 N–H and O–H groups in total. The minimum Gasteiger partial charge on any atom is -0.493 e. The fraction of sp³-hybridized carbons (Fsp3) is 0.130. The summed E-state index contributed by atoms with van der Waals surface area (Å²) in [4.78, 5) is 24.9. The highest BCUT2D eigenvalue weighted by Gasteiger charge is 2.24. The molecule has 0 aliphatic rings. The molecule has 3 aromatic rings. The Hall–Kier alpha value is -3.58. The van der Waals surface area contributed by atoms with Crippen LogP contribution in [0.25, 0.3) is 11.8 Å². The third-order valence-electron chi connectivity index (χ3n) is 4.53. The van der Waals surface area contributed by atoms with Crippen molar-refractivity contribution >= 4 is 29.4 Å². The second-order valence-corrected chi connectivity index (χ2v) is 6.75. The van der Waals surface area contributed by atoms with E-state index in [0.717, 1.165) is 6.07 Å². The van der Waals surface area contributed by atoms with Gasteiger partial charge in [-0.3, -0.25) is 4.79 Å². The first kappa shape index (κ1) is 22.1. The molecule has 0 bridgehead atoms. The van der Waals surface area contributed by atoms with E-state index in [-0.39, 0.29) is 27.6 Å². The molecule has 1 aromatic heterocycles. The summed E-state index contributed by atoms with van der Waals surface area (Å²) in [6.45, 7) is 0. The number of halogens is 2. The largest absolute Gasteiger partial charge is 0.493 e. The van der Waals surface area contributed by atoms with Crippen LogP contribution in [0.2, 0.25) is 5.02 Å². The minimum atomic E-state index is -0.707. The van der Waals surface area contributed by atoms with Crippen molar-refractivity contribution in [1.29, 1.82) is 0 Å². The van der Waals surface area contributed by atoms with E-state index in [9.17, 15) is 9.59 Å². The molecule has 2 aromatic carbocycles. The van der Waals surface area contributed by atoms with Crippen molar-refractivity contribution in [3.8, 4) is 17.2 Å². The van der Waals surface area contributed by atoms with Crippen LogP contribution in [-0.4, -0.2) is 37.6 Å². The normalized spacial score (nSPS) is 10.9. The number of nitrogens with zero attached hydrogens (tertiary/aromatic N) is 1. The van der Waals surface area contributed by atoms with Gasteiger partial charge >= 0.3 is 5.97 Å². The van der Waals surface area contributed by atoms with Crippen LogP contribution in [-0.2, 0) is 9.53 Å². The fourth-order valence-electron chi connectivity index (χ4n) is 3.15. The van der Waals surface area contributed by atoms with Crippen molar-refractivity contribution in [3.63, 3.8) is 0 Å². The third-order valence-corrected chi connectivity index (χ3v) is 4.75. The molecular weight excluding hydrogens is 425 g/mol. The highest BCUT2D eigenvalue weighted by molar-refractivity contribution is 6.31. The summed E-state index contributed by atoms with van der Waals surface area (Å²) in [5.74, 6) is -1.20. The summed E-state index contributed by atoms with van der Waals surface area (Å²) < 4.78 is 31.8. The topological polar surface area (TPSA) is 66.8 Å². The van der Waals surface area contributed by atoms with Crippen LogP contribution in [0.15, 0.2) is 54.7 Å². The van der Waals surface area contributed by atoms with Gasteiger partial charge in [0.25, 0.3) is 0 Å². The quantitative estimate of drug-likeness (QED) is 0.301. The molecule has 0 saturated heterocycles. The number of benzene rings is 2. The van der Waals surface area contributed by atoms with Crippen molar-refractivity contribution in [1.82, 2.24) is 4.57 Å². The monoisotopic (exact) mass is 443 g/mol. The first-order chi connectivity index (χ1) is 14.9. The maximum Gasteiger partial charge on any atom is 0.330 e. The fourth-order valence-corrected chi connectivity index (χ4v) is 3.35. The van der Waals surface area contributed by atoms with Crippen molar-refractivity contribution in [2.45, 2.75) is 0 Å². The molecule has 0 amide bonds. The molecule has 31 heavy (non-hydrogen) atoms. The lowest BCUT2D eigenvalue weighted by atomic mass is 9.99. The van der Waals surface area contributed by atoms with Crippen LogP contribution >= 0.6 is 11.6 Å². The summed E-state index contributed by atoms with van der Waals surface area (Å²) in [6, 6.07) is 10.7. The van der Waals surface area contributed by atoms with Gasteiger partial charge in [-0.15, -0.1) is 0 Å². The van der Waals surface area contributed by atoms with Gasteiger partial charge in [0.15, 0.2) is 17.3 Å². The van der Waals surface area contributed by atoms with E-state index < -0.39 is 17.6 Å². The van der Waals surface area contributed by atoms with Crippen LogP contribution in [0, 0.1) is 5.82 Å². The number of aromatic nitrogens is 1. The van der Waals surface area contributed by atoms with Crippen LogP contribution in [0.3, 0.4) is 0 Å². The minimum absolute atomic E-state index is 0.0143. The number of carbonyl (C=O) groups excluding carboxylic acids is 2. The zero-order valence-corrected chi connectivity index (χ0v) is 17.8. The van der Waals surface area contributed by atoms with Crippen LogP contribution < -0.4 is 9.47 Å². The van der Waals surface area contributed by atoms with Crippen molar-refractivity contribution < 1.29 is 28.2 Å². The third kappa shape index (κ3) is 4.46. The molecule has 1 heterocycles. The predicted octanol–water partition coefficient (Wildman–Crippen LogP) is 4.70. The van der Waals surface area contributed by atoms with Crippen molar-refractivity contribution in [2.75, 3.05) is 21.3 Å². The second kappa shape index (κ2) is 9.49. The molecule has 0 saturated carbocycles. The Morgan fingerprint density at radius 1 is 1.03 bits per heavy atom. The number of hydrogen-bond acceptors (Lipinski definition) is 5. The molecule has 160 valence electrons. The summed E-state index contributed by atoms with van der Waals surface area (Å²) in [7, 11) is 4.12. The molecule has 0 aliphatic carbocycles. The number of ether oxygens (including phenoxy) is 3. The number of carbonyl (C=O) groups is 2. The van der Waals surface area contributed by atoms with Gasteiger partial charge in [-0.25, -0.2) is 9.18 Å². The Morgan fingerprint density at radius 2 is 1.81 bits per heavy atom. The molecule has 0 spiro atoms. The smallest absolute Gasteiger partial charge is 0.330 e. The van der Waals surface area contributed by atoms with Crippen molar-refractivity contribution in [3.05, 3.63) is 82.4 Å². The van der Waals surface area contributed by atoms with Gasteiger partial charge in [0.1, 0.15) is 5.82 Å². The van der Waals surface area contributed by atoms with Crippen molar-refractivity contribution in [2.24, 2.45) is 0 Å². The first-order valence-corrected chi connectivity index (χ1v) is 9.47. The molecule has 8 heteroatoms. The van der Waals surface area contributed by atoms with Crippen LogP contribution in [0.5, 0.6) is 11.5 Å². The number of ketones is 1. The highest BCUT2D eigenvalue weighted by atomic mass is 35.5. The zero-order valence-electron chi connectivity index (χ0n) is 17.0. The molecule has 3 rings (SSSR count). The van der Waals surface area contributed by atoms with E-state index in [1.807, 2.05) is 0 Å². The summed E-state index contributed by atoms with van der Waals surface area (Å²) in [5.41, 5.74) is 0.635. The van der Waals surface area contributed by atoms with E-state index in [1.165, 1.54) is 44.1 Å². The summed E-state index contributed by atoms with van der Waals surface area (Å²) >= 11 is 6.08. The number of hydrogen-bond donors (Lipinski definition) is 0. The van der Waals surface area contributed by atoms with Gasteiger partial charge in [-0.1, -0.05) is 17.7 Å². The Kier molecular flexibility index (Phi) is 6.77. The molecule has 0 radical (unpaired) electrons. The molecule has 0 unspecified atom stereocenters. The maximum atomic E-state index is 15.1. The van der Waals surface area contributed by atoms with Crippen LogP contribution in [0.1, 0.15) is 21.6 Å². The van der Waals surface area contributed by atoms with Gasteiger partial charge in [-0.2, -0.15) is 0 Å². The van der Waals surface area contributed by atoms with E-state index in [1.54, 1.807) is 36.5 Å². The Bertz CT molecular complexity index is 1170. The number of methoxy groups -OCH3 is 3. The number of para-hydroxylation sites is 1. The van der Waals surface area contributed by atoms with E-state index >= 15 is 4.39 Å². The lowest BCUT2D eigenvalue weighted by Crippen LogP contribution is -2.12. The molecule has 0 fully saturated rings. The van der Waals surface area contributed by atoms with Gasteiger partial charge in [0.2, 0.25) is 0 Å². The SMILES string of the molecule is COC(=O)/C=C/c1cccn1-c1c(F)cc(Cl)cc1C(=O)c1cccc(OC)c1OC. The van der Waals surface area contributed by atoms with E-state index in [0.29, 0.717) is 11.4 Å². The van der Waals surface area contributed by atoms with E-state index in [2.05, 4.69) is 4.74 Å². The highest BCUT2D eigenvalue weighted by Crippen LogP contribution is 2.35. The summed E-state index contributed by atoms with van der Waals surface area (Å²) in [6.07, 6.45) is 4.23. The standard InChI is InChI=1S/C23H19ClFNO5/c1-29-19-8-4-7-16(23(19)31-3)22(28)17-12-14(24)13-18(25)21(17)26-11-5-6-15(26)9-10-20(27)30-2/h4-13H,1-3H3/b10-9+. The Morgan fingerprint density at radius 3 is 2.48 bits per heavy atom. The lowest BCUT2D eigenvalue weighted by Gasteiger charge is -2.16. The Balaban J connectivity index is 2.20. The lowest BCUT2D eigenvalue weighted by molar-refractivity contribution is -0.134. The van der Waals surface area contributed by atoms with Gasteiger partial charge < -0.3 is 18.8 Å². The Labute approximate surface area is 183 Å². The number of rotatable bonds is 7. The average Bonchev–Trinajstić information content (AvgIpc) is 3.23. The molecular formula is C23H19ClFNO5. The van der Waals surface area contributed by atoms with E-state index in [4.69, 9.17) is 21.1 Å². The average molecular weight is 444 g/mol. The second-order valence-electron chi connectivity index (χ2n) is 6.31. The number of esters is 1. The van der Waals surface area contributed by atoms with Gasteiger partial charge in [0, 0.05) is 23.0 Å². The molecule has 0 atom stereocenters. The molecule has 0 aliphatic heterocycles. The van der Waals surface area contributed by atoms with Gasteiger partial charge in [0.05, 0.1) is 38.1 Å². The predicted molar refractivity (Wildman–Crippen MR) is 115 cm³/mol.